The minimum absolute atomic E-state index is 0.0730. The Balaban J connectivity index is 0.849. The highest BCUT2D eigenvalue weighted by atomic mass is 32.1. The number of allylic oxidation sites excluding steroid dienone is 8. The third-order valence-corrected chi connectivity index (χ3v) is 19.9. The molecule has 2 aromatic heterocycles. The van der Waals surface area contributed by atoms with Crippen LogP contribution in [0.1, 0.15) is 94.8 Å². The van der Waals surface area contributed by atoms with Gasteiger partial charge in [0.25, 0.3) is 0 Å². The predicted octanol–water partition coefficient (Wildman–Crippen LogP) is 14.3. The van der Waals surface area contributed by atoms with Crippen molar-refractivity contribution in [1.29, 1.82) is 0 Å². The Kier molecular flexibility index (Phi) is 15.3. The van der Waals surface area contributed by atoms with Crippen LogP contribution in [0, 0.1) is 35.1 Å². The second-order valence-electron chi connectivity index (χ2n) is 24.1. The van der Waals surface area contributed by atoms with Crippen LogP contribution in [0.2, 0.25) is 0 Å². The van der Waals surface area contributed by atoms with Crippen LogP contribution in [0.15, 0.2) is 217 Å². The molecule has 0 N–H and O–H groups in total. The molecule has 0 amide bonds. The van der Waals surface area contributed by atoms with E-state index < -0.39 is 104 Å². The summed E-state index contributed by atoms with van der Waals surface area (Å²) >= 11 is 1.74. The zero-order valence-electron chi connectivity index (χ0n) is 51.6. The number of halogens is 4. The highest BCUT2D eigenvalue weighted by Crippen LogP contribution is 2.56. The van der Waals surface area contributed by atoms with Crippen molar-refractivity contribution in [2.45, 2.75) is 37.6 Å². The number of aromatic nitrogens is 2. The Morgan fingerprint density at radius 3 is 0.940 bits per heavy atom. The molecule has 4 aliphatic carbocycles. The van der Waals surface area contributed by atoms with Gasteiger partial charge in [-0.1, -0.05) is 133 Å². The molecule has 2 unspecified atom stereocenters. The number of ketones is 4. The molecule has 2 aliphatic heterocycles. The minimum atomic E-state index is -2.88. The number of fused-ring (bicyclic) bond motifs is 11. The van der Waals surface area contributed by atoms with Crippen LogP contribution in [-0.4, -0.2) is 57.0 Å². The highest BCUT2D eigenvalue weighted by molar-refractivity contribution is 7.14. The Morgan fingerprint density at radius 2 is 0.670 bits per heavy atom. The lowest BCUT2D eigenvalue weighted by Crippen LogP contribution is -2.51. The average molecular weight is 1370 g/mol. The van der Waals surface area contributed by atoms with Gasteiger partial charge in [-0.3, -0.25) is 19.2 Å². The number of Topliss-reactive ketones (excluding diaryl/α,β-unsaturated/α-hetero) is 4. The molecule has 0 fully saturated rings. The van der Waals surface area contributed by atoms with E-state index in [9.17, 15) is 36.7 Å². The molecule has 16 rings (SSSR count). The molecule has 490 valence electrons. The van der Waals surface area contributed by atoms with Gasteiger partial charge >= 0.3 is 35.1 Å². The van der Waals surface area contributed by atoms with Gasteiger partial charge in [-0.15, -0.1) is 22.7 Å². The molecule has 0 radical (unpaired) electrons. The van der Waals surface area contributed by atoms with Crippen LogP contribution in [0.4, 0.5) is 17.6 Å². The summed E-state index contributed by atoms with van der Waals surface area (Å²) in [6.45, 7) is -1.47. The summed E-state index contributed by atoms with van der Waals surface area (Å²) < 4.78 is 95.8. The topological polar surface area (TPSA) is 218 Å². The van der Waals surface area contributed by atoms with Gasteiger partial charge in [0.15, 0.2) is 46.4 Å². The molecule has 100 heavy (non-hydrogen) atoms. The molecule has 0 saturated heterocycles. The Hall–Kier alpha value is -12.1. The number of ether oxygens (including phenoxy) is 6. The number of hydrogen-bond donors (Lipinski definition) is 0. The Labute approximate surface area is 571 Å². The van der Waals surface area contributed by atoms with E-state index in [1.165, 1.54) is 36.4 Å². The van der Waals surface area contributed by atoms with E-state index >= 15 is 19.2 Å². The quantitative estimate of drug-likeness (QED) is 0.0247. The minimum Gasteiger partial charge on any atom is -0.458 e. The van der Waals surface area contributed by atoms with Crippen molar-refractivity contribution in [3.8, 4) is 0 Å². The molecule has 0 spiro atoms. The molecule has 8 aromatic carbocycles. The van der Waals surface area contributed by atoms with Crippen molar-refractivity contribution in [1.82, 2.24) is 9.97 Å². The summed E-state index contributed by atoms with van der Waals surface area (Å²) in [6.07, 6.45) is 9.02. The van der Waals surface area contributed by atoms with E-state index in [-0.39, 0.29) is 124 Å². The molecular formula is C78H44F4N2O14S2. The largest absolute Gasteiger partial charge is 0.458 e. The number of rotatable bonds is 14. The van der Waals surface area contributed by atoms with Crippen molar-refractivity contribution < 1.29 is 84.3 Å². The van der Waals surface area contributed by atoms with Crippen molar-refractivity contribution in [3.05, 3.63) is 316 Å². The fourth-order valence-corrected chi connectivity index (χ4v) is 15.1. The summed E-state index contributed by atoms with van der Waals surface area (Å²) in [5.41, 5.74) is -5.04. The van der Waals surface area contributed by atoms with Crippen LogP contribution in [0.3, 0.4) is 0 Å². The molecule has 0 saturated carbocycles. The van der Waals surface area contributed by atoms with Crippen molar-refractivity contribution in [2.75, 3.05) is 0 Å². The van der Waals surface area contributed by atoms with E-state index in [1.807, 2.05) is 0 Å². The summed E-state index contributed by atoms with van der Waals surface area (Å²) in [5, 5.41) is 0.442. The van der Waals surface area contributed by atoms with Gasteiger partial charge in [0.1, 0.15) is 59.3 Å². The van der Waals surface area contributed by atoms with E-state index in [1.54, 1.807) is 146 Å². The predicted molar refractivity (Wildman–Crippen MR) is 355 cm³/mol. The highest BCUT2D eigenvalue weighted by Gasteiger charge is 2.63. The normalized spacial score (nSPS) is 17.1. The molecule has 6 aliphatic rings. The smallest absolute Gasteiger partial charge is 0.369 e. The van der Waals surface area contributed by atoms with Crippen LogP contribution >= 0.6 is 22.7 Å². The summed E-state index contributed by atoms with van der Waals surface area (Å²) in [5.74, 6) is -14.6. The van der Waals surface area contributed by atoms with E-state index in [0.29, 0.717) is 22.3 Å². The third kappa shape index (κ3) is 10.6. The van der Waals surface area contributed by atoms with Crippen molar-refractivity contribution >= 4 is 115 Å². The molecular weight excluding hydrogens is 1330 g/mol. The van der Waals surface area contributed by atoms with Gasteiger partial charge in [0.05, 0.1) is 20.9 Å². The first-order chi connectivity index (χ1) is 48.4. The average Bonchev–Trinajstić information content (AvgIpc) is 1.33. The lowest BCUT2D eigenvalue weighted by atomic mass is 9.76. The van der Waals surface area contributed by atoms with Gasteiger partial charge in [0.2, 0.25) is 0 Å². The maximum atomic E-state index is 15.4. The lowest BCUT2D eigenvalue weighted by Gasteiger charge is -2.40. The number of carbonyl (C=O) groups is 8. The number of hydrogen-bond acceptors (Lipinski definition) is 18. The molecule has 0 bridgehead atoms. The first kappa shape index (κ1) is 62.7. The maximum Gasteiger partial charge on any atom is 0.369 e. The first-order valence-corrected chi connectivity index (χ1v) is 32.7. The molecule has 10 aromatic rings. The molecule has 2 atom stereocenters. The Morgan fingerprint density at radius 1 is 0.400 bits per heavy atom. The van der Waals surface area contributed by atoms with E-state index in [4.69, 9.17) is 38.4 Å². The van der Waals surface area contributed by atoms with Gasteiger partial charge in [-0.05, 0) is 117 Å². The van der Waals surface area contributed by atoms with E-state index in [2.05, 4.69) is 0 Å². The van der Waals surface area contributed by atoms with Crippen molar-refractivity contribution in [2.24, 2.45) is 11.8 Å². The fraction of sp³-hybridized carbons (Fsp3) is 0.103. The monoisotopic (exact) mass is 1370 g/mol. The van der Waals surface area contributed by atoms with Crippen LogP contribution < -0.4 is 0 Å². The van der Waals surface area contributed by atoms with Crippen molar-refractivity contribution in [3.63, 3.8) is 0 Å². The van der Waals surface area contributed by atoms with Crippen LogP contribution in [0.5, 0.6) is 0 Å². The van der Waals surface area contributed by atoms with Gasteiger partial charge in [-0.25, -0.2) is 46.7 Å². The number of thiazole rings is 2. The molecule has 16 nitrogen and oxygen atoms in total. The zero-order valence-corrected chi connectivity index (χ0v) is 53.2. The number of esters is 4. The molecule has 4 heterocycles. The summed E-state index contributed by atoms with van der Waals surface area (Å²) in [7, 11) is 0. The zero-order chi connectivity index (χ0) is 68.9. The summed E-state index contributed by atoms with van der Waals surface area (Å²) in [4.78, 5) is 129. The third-order valence-electron chi connectivity index (χ3n) is 17.9. The van der Waals surface area contributed by atoms with Gasteiger partial charge in [0, 0.05) is 45.2 Å². The lowest BCUT2D eigenvalue weighted by molar-refractivity contribution is -0.191. The number of benzene rings is 8. The second-order valence-corrected chi connectivity index (χ2v) is 26.2. The maximum absolute atomic E-state index is 15.4. The second kappa shape index (κ2) is 24.4. The Bertz CT molecular complexity index is 4930. The van der Waals surface area contributed by atoms with Crippen LogP contribution in [0.25, 0.3) is 44.8 Å². The molecule has 22 heteroatoms. The summed E-state index contributed by atoms with van der Waals surface area (Å²) in [6, 6.07) is 43.1. The number of nitrogens with zero attached hydrogens (tertiary/aromatic N) is 2. The van der Waals surface area contributed by atoms with E-state index in [0.717, 1.165) is 46.9 Å². The SMILES string of the molecule is O=C1C(=Cc2nc3c(s2)C2=CC4C=C5OC(C(=O)OCc6ccccc6)(C(=O)OCc6ccccc6)c6nc(C=C7C(=O)c8cc9cc(F)c(F)cc9cc8C7=O)sc6C5=CC4C=C2OC3(C(=O)OCc2ccccc2)C(=O)OCc2ccccc2)C(=O)c2cc3cc(F)c(F)cc3cc21. The standard InChI is InChI=1S/C78H44F4N2O14S2/c79-57-27-43-21-49-50(22-44(43)28-58(57)80)66(86)55(65(49)85)33-63-83-71-69(99-63)53-25-48-32-62-54(26-47(48)31-61(53)97-77(71,73(89)93-35-39-13-5-1-6-14-39)74(90)94-36-40-15-7-2-8-16-40)70-72(78(98-62,75(91)95-37-41-17-9-3-10-18-41)76(92)96-38-42-19-11-4-12-20-42)84-64(100-70)34-56-67(87)51-23-45-29-59(81)60(82)30-46(45)24-52(51)68(56)88/h1-34,47-48H,35-38H2. The van der Waals surface area contributed by atoms with Gasteiger partial charge in [-0.2, -0.15) is 0 Å². The van der Waals surface area contributed by atoms with Gasteiger partial charge < -0.3 is 28.4 Å². The van der Waals surface area contributed by atoms with Crippen LogP contribution in [-0.2, 0) is 85.2 Å². The fourth-order valence-electron chi connectivity index (χ4n) is 12.9. The first-order valence-electron chi connectivity index (χ1n) is 31.0. The number of carbonyl (C=O) groups excluding carboxylic acids is 8.